The quantitative estimate of drug-likeness (QED) is 0.677. The van der Waals surface area contributed by atoms with E-state index < -0.39 is 11.2 Å². The second kappa shape index (κ2) is 4.43. The second-order valence-corrected chi connectivity index (χ2v) is 4.47. The molecule has 2 heterocycles. The molecule has 3 rings (SSSR count). The van der Waals surface area contributed by atoms with Gasteiger partial charge in [0.15, 0.2) is 0 Å². The highest BCUT2D eigenvalue weighted by Gasteiger charge is 2.11. The molecule has 0 atom stereocenters. The monoisotopic (exact) mass is 279 g/mol. The van der Waals surface area contributed by atoms with Crippen LogP contribution in [-0.2, 0) is 0 Å². The highest BCUT2D eigenvalue weighted by molar-refractivity contribution is 6.31. The molecule has 0 unspecified atom stereocenters. The summed E-state index contributed by atoms with van der Waals surface area (Å²) in [6.45, 7) is 1.29. The van der Waals surface area contributed by atoms with Crippen molar-refractivity contribution in [1.82, 2.24) is 15.0 Å². The third-order valence-corrected chi connectivity index (χ3v) is 2.99. The molecular weight excluding hydrogens is 270 g/mol. The molecule has 0 aliphatic carbocycles. The molecule has 7 nitrogen and oxygen atoms in total. The number of aromatic nitrogens is 2. The number of aliphatic imine (C=N–C) groups is 1. The summed E-state index contributed by atoms with van der Waals surface area (Å²) in [5.41, 5.74) is 2.03. The Labute approximate surface area is 111 Å². The van der Waals surface area contributed by atoms with Gasteiger partial charge in [-0.1, -0.05) is 11.6 Å². The summed E-state index contributed by atoms with van der Waals surface area (Å²) in [5.74, 6) is 0.404. The average molecular weight is 280 g/mol. The zero-order valence-electron chi connectivity index (χ0n) is 9.74. The van der Waals surface area contributed by atoms with Crippen LogP contribution < -0.4 is 22.0 Å². The van der Waals surface area contributed by atoms with Gasteiger partial charge in [-0.25, -0.2) is 4.79 Å². The Morgan fingerprint density at radius 2 is 2.21 bits per heavy atom. The summed E-state index contributed by atoms with van der Waals surface area (Å²) in [6.07, 6.45) is 0. The maximum absolute atomic E-state index is 12.2. The smallest absolute Gasteiger partial charge is 0.348 e. The summed E-state index contributed by atoms with van der Waals surface area (Å²) in [6, 6.07) is 4.70. The Morgan fingerprint density at radius 1 is 1.37 bits per heavy atom. The molecule has 0 spiro atoms. The lowest BCUT2D eigenvalue weighted by atomic mass is 10.2. The number of hydrogen-bond acceptors (Lipinski definition) is 5. The minimum absolute atomic E-state index is 0.370. The van der Waals surface area contributed by atoms with Gasteiger partial charge in [0.05, 0.1) is 17.4 Å². The first-order valence-corrected chi connectivity index (χ1v) is 6.03. The number of hydrogen-bond donors (Lipinski definition) is 3. The third-order valence-electron chi connectivity index (χ3n) is 2.75. The Morgan fingerprint density at radius 3 is 2.95 bits per heavy atom. The first-order chi connectivity index (χ1) is 9.15. The number of H-pyrrole nitrogens is 1. The van der Waals surface area contributed by atoms with Crippen LogP contribution >= 0.6 is 11.6 Å². The van der Waals surface area contributed by atoms with Gasteiger partial charge >= 0.3 is 5.69 Å². The second-order valence-electron chi connectivity index (χ2n) is 4.03. The summed E-state index contributed by atoms with van der Waals surface area (Å²) >= 11 is 5.83. The van der Waals surface area contributed by atoms with Crippen LogP contribution in [0.5, 0.6) is 0 Å². The average Bonchev–Trinajstić information content (AvgIpc) is 2.87. The zero-order valence-corrected chi connectivity index (χ0v) is 10.5. The predicted octanol–water partition coefficient (Wildman–Crippen LogP) is -0.154. The van der Waals surface area contributed by atoms with Crippen LogP contribution in [0, 0.1) is 0 Å². The molecule has 0 radical (unpaired) electrons. The predicted molar refractivity (Wildman–Crippen MR) is 73.5 cm³/mol. The van der Waals surface area contributed by atoms with E-state index in [0.29, 0.717) is 35.0 Å². The van der Waals surface area contributed by atoms with Gasteiger partial charge in [-0.3, -0.25) is 15.2 Å². The summed E-state index contributed by atoms with van der Waals surface area (Å²) in [4.78, 5) is 30.7. The van der Waals surface area contributed by atoms with Crippen molar-refractivity contribution in [3.05, 3.63) is 44.1 Å². The molecule has 0 amide bonds. The van der Waals surface area contributed by atoms with Crippen LogP contribution in [0.4, 0.5) is 0 Å². The molecule has 1 aliphatic heterocycles. The van der Waals surface area contributed by atoms with E-state index in [2.05, 4.69) is 20.7 Å². The largest absolute Gasteiger partial charge is 0.353 e. The van der Waals surface area contributed by atoms with Crippen LogP contribution in [0.2, 0.25) is 5.02 Å². The van der Waals surface area contributed by atoms with Gasteiger partial charge in [-0.2, -0.15) is 4.68 Å². The van der Waals surface area contributed by atoms with E-state index in [1.54, 1.807) is 12.1 Å². The fourth-order valence-corrected chi connectivity index (χ4v) is 2.04. The Hall–Kier alpha value is -2.28. The molecule has 2 aromatic rings. The van der Waals surface area contributed by atoms with Crippen LogP contribution in [0.15, 0.2) is 32.8 Å². The van der Waals surface area contributed by atoms with Gasteiger partial charge in [0, 0.05) is 11.6 Å². The number of benzene rings is 1. The van der Waals surface area contributed by atoms with Crippen molar-refractivity contribution >= 4 is 28.5 Å². The minimum atomic E-state index is -0.573. The van der Waals surface area contributed by atoms with Gasteiger partial charge in [-0.15, -0.1) is 0 Å². The molecule has 0 saturated heterocycles. The molecule has 0 saturated carbocycles. The van der Waals surface area contributed by atoms with E-state index in [9.17, 15) is 9.59 Å². The van der Waals surface area contributed by atoms with Crippen LogP contribution in [0.3, 0.4) is 0 Å². The molecule has 1 aliphatic rings. The molecule has 3 N–H and O–H groups in total. The summed E-state index contributed by atoms with van der Waals surface area (Å²) in [5, 5.41) is 3.75. The van der Waals surface area contributed by atoms with E-state index in [-0.39, 0.29) is 0 Å². The van der Waals surface area contributed by atoms with Crippen LogP contribution in [0.25, 0.3) is 10.9 Å². The SMILES string of the molecule is O=c1[nH]c2cc(Cl)ccc2c(=O)n1NC1=NCCN1. The number of halogens is 1. The van der Waals surface area contributed by atoms with Crippen molar-refractivity contribution in [3.8, 4) is 0 Å². The zero-order chi connectivity index (χ0) is 13.4. The van der Waals surface area contributed by atoms with Crippen molar-refractivity contribution in [2.24, 2.45) is 4.99 Å². The molecular formula is C11H10ClN5O2. The molecule has 19 heavy (non-hydrogen) atoms. The number of nitrogens with zero attached hydrogens (tertiary/aromatic N) is 2. The van der Waals surface area contributed by atoms with Gasteiger partial charge in [-0.05, 0) is 18.2 Å². The molecule has 98 valence electrons. The standard InChI is InChI=1S/C11H10ClN5O2/c12-6-1-2-7-8(5-6)15-11(19)17(9(7)18)16-10-13-3-4-14-10/h1-2,5H,3-4H2,(H,15,19)(H2,13,14,16). The maximum atomic E-state index is 12.2. The Bertz CT molecular complexity index is 792. The van der Waals surface area contributed by atoms with Crippen molar-refractivity contribution in [2.75, 3.05) is 18.5 Å². The van der Waals surface area contributed by atoms with Gasteiger partial charge in [0.1, 0.15) is 0 Å². The van der Waals surface area contributed by atoms with Crippen LogP contribution in [0.1, 0.15) is 0 Å². The lowest BCUT2D eigenvalue weighted by molar-refractivity contribution is 0.827. The van der Waals surface area contributed by atoms with Gasteiger partial charge in [0.25, 0.3) is 5.56 Å². The number of aromatic amines is 1. The molecule has 8 heteroatoms. The normalized spacial score (nSPS) is 14.3. The lowest BCUT2D eigenvalue weighted by Crippen LogP contribution is -2.46. The van der Waals surface area contributed by atoms with Crippen molar-refractivity contribution in [1.29, 1.82) is 0 Å². The number of rotatable bonds is 1. The van der Waals surface area contributed by atoms with Crippen molar-refractivity contribution < 1.29 is 0 Å². The van der Waals surface area contributed by atoms with E-state index in [1.807, 2.05) is 0 Å². The molecule has 0 bridgehead atoms. The number of nitrogens with one attached hydrogen (secondary N) is 3. The molecule has 1 aromatic heterocycles. The van der Waals surface area contributed by atoms with E-state index in [0.717, 1.165) is 4.68 Å². The van der Waals surface area contributed by atoms with E-state index >= 15 is 0 Å². The summed E-state index contributed by atoms with van der Waals surface area (Å²) < 4.78 is 0.882. The fraction of sp³-hybridized carbons (Fsp3) is 0.182. The van der Waals surface area contributed by atoms with Gasteiger partial charge in [0.2, 0.25) is 5.96 Å². The Kier molecular flexibility index (Phi) is 2.75. The highest BCUT2D eigenvalue weighted by Crippen LogP contribution is 2.13. The first kappa shape index (κ1) is 11.8. The van der Waals surface area contributed by atoms with Crippen LogP contribution in [-0.4, -0.2) is 28.7 Å². The first-order valence-electron chi connectivity index (χ1n) is 5.65. The van der Waals surface area contributed by atoms with Crippen molar-refractivity contribution in [2.45, 2.75) is 0 Å². The minimum Gasteiger partial charge on any atom is -0.353 e. The van der Waals surface area contributed by atoms with E-state index in [4.69, 9.17) is 11.6 Å². The maximum Gasteiger partial charge on any atom is 0.348 e. The highest BCUT2D eigenvalue weighted by atomic mass is 35.5. The fourth-order valence-electron chi connectivity index (χ4n) is 1.87. The number of fused-ring (bicyclic) bond motifs is 1. The summed E-state index contributed by atoms with van der Waals surface area (Å²) in [7, 11) is 0. The van der Waals surface area contributed by atoms with Crippen molar-refractivity contribution in [3.63, 3.8) is 0 Å². The number of guanidine groups is 1. The topological polar surface area (TPSA) is 91.3 Å². The van der Waals surface area contributed by atoms with Gasteiger partial charge < -0.3 is 10.3 Å². The molecule has 1 aromatic carbocycles. The lowest BCUT2D eigenvalue weighted by Gasteiger charge is -2.09. The third kappa shape index (κ3) is 2.08. The molecule has 0 fully saturated rings. The Balaban J connectivity index is 2.17. The van der Waals surface area contributed by atoms with E-state index in [1.165, 1.54) is 6.07 Å².